The van der Waals surface area contributed by atoms with Crippen LogP contribution in [0.4, 0.5) is 0 Å². The fourth-order valence-electron chi connectivity index (χ4n) is 1.86. The van der Waals surface area contributed by atoms with Gasteiger partial charge >= 0.3 is 0 Å². The van der Waals surface area contributed by atoms with Crippen LogP contribution in [0, 0.1) is 3.57 Å². The van der Waals surface area contributed by atoms with Crippen LogP contribution in [0.1, 0.15) is 24.7 Å². The first-order chi connectivity index (χ1) is 7.26. The maximum Gasteiger partial charge on any atom is 0.134 e. The molecule has 1 heterocycles. The lowest BCUT2D eigenvalue weighted by molar-refractivity contribution is 0.544. The van der Waals surface area contributed by atoms with Crippen LogP contribution in [0.25, 0.3) is 11.0 Å². The van der Waals surface area contributed by atoms with E-state index in [2.05, 4.69) is 41.6 Å². The zero-order chi connectivity index (χ0) is 10.8. The molecule has 0 aliphatic heterocycles. The smallest absolute Gasteiger partial charge is 0.134 e. The number of benzene rings is 1. The predicted octanol–water partition coefficient (Wildman–Crippen LogP) is 3.45. The summed E-state index contributed by atoms with van der Waals surface area (Å²) in [6, 6.07) is 6.25. The average molecular weight is 315 g/mol. The molecule has 1 aromatic heterocycles. The van der Waals surface area contributed by atoms with Crippen LogP contribution >= 0.6 is 22.6 Å². The van der Waals surface area contributed by atoms with Gasteiger partial charge in [-0.05, 0) is 47.2 Å². The summed E-state index contributed by atoms with van der Waals surface area (Å²) in [5.41, 5.74) is 7.93. The first-order valence-corrected chi connectivity index (χ1v) is 6.24. The van der Waals surface area contributed by atoms with Crippen molar-refractivity contribution < 1.29 is 4.42 Å². The standard InChI is InChI=1S/C12H14INO/c1-2-3-9-10-6-8(13)4-5-11(10)15-12(9)7-14/h4-6H,2-3,7,14H2,1H3. The highest BCUT2D eigenvalue weighted by atomic mass is 127. The first kappa shape index (κ1) is 11.0. The van der Waals surface area contributed by atoms with E-state index in [1.165, 1.54) is 14.5 Å². The van der Waals surface area contributed by atoms with Crippen molar-refractivity contribution in [3.05, 3.63) is 33.1 Å². The van der Waals surface area contributed by atoms with Gasteiger partial charge in [-0.3, -0.25) is 0 Å². The summed E-state index contributed by atoms with van der Waals surface area (Å²) in [5.74, 6) is 0.939. The van der Waals surface area contributed by atoms with Gasteiger partial charge in [0.1, 0.15) is 11.3 Å². The molecule has 2 N–H and O–H groups in total. The van der Waals surface area contributed by atoms with Crippen LogP contribution in [0.5, 0.6) is 0 Å². The lowest BCUT2D eigenvalue weighted by Crippen LogP contribution is -1.98. The van der Waals surface area contributed by atoms with E-state index in [0.717, 1.165) is 24.2 Å². The van der Waals surface area contributed by atoms with Crippen molar-refractivity contribution in [3.63, 3.8) is 0 Å². The Hall–Kier alpha value is -0.550. The topological polar surface area (TPSA) is 39.2 Å². The van der Waals surface area contributed by atoms with Gasteiger partial charge in [-0.1, -0.05) is 13.3 Å². The summed E-state index contributed by atoms with van der Waals surface area (Å²) in [6.07, 6.45) is 2.16. The van der Waals surface area contributed by atoms with E-state index in [4.69, 9.17) is 10.2 Å². The average Bonchev–Trinajstić information content (AvgIpc) is 2.57. The Morgan fingerprint density at radius 1 is 1.40 bits per heavy atom. The number of rotatable bonds is 3. The predicted molar refractivity (Wildman–Crippen MR) is 70.8 cm³/mol. The molecule has 0 saturated heterocycles. The summed E-state index contributed by atoms with van der Waals surface area (Å²) >= 11 is 2.32. The van der Waals surface area contributed by atoms with E-state index in [0.29, 0.717) is 6.54 Å². The minimum Gasteiger partial charge on any atom is -0.459 e. The molecule has 0 saturated carbocycles. The minimum atomic E-state index is 0.487. The number of hydrogen-bond acceptors (Lipinski definition) is 2. The maximum atomic E-state index is 5.73. The molecule has 0 spiro atoms. The second-order valence-electron chi connectivity index (χ2n) is 3.60. The molecule has 3 heteroatoms. The molecule has 2 nitrogen and oxygen atoms in total. The molecule has 0 unspecified atom stereocenters. The number of furan rings is 1. The molecule has 80 valence electrons. The second kappa shape index (κ2) is 4.53. The van der Waals surface area contributed by atoms with Gasteiger partial charge < -0.3 is 10.2 Å². The fraction of sp³-hybridized carbons (Fsp3) is 0.333. The monoisotopic (exact) mass is 315 g/mol. The van der Waals surface area contributed by atoms with Crippen LogP contribution < -0.4 is 5.73 Å². The van der Waals surface area contributed by atoms with Gasteiger partial charge in [0, 0.05) is 14.5 Å². The first-order valence-electron chi connectivity index (χ1n) is 5.16. The third kappa shape index (κ3) is 2.03. The van der Waals surface area contributed by atoms with E-state index < -0.39 is 0 Å². The highest BCUT2D eigenvalue weighted by molar-refractivity contribution is 14.1. The van der Waals surface area contributed by atoms with Gasteiger partial charge in [-0.25, -0.2) is 0 Å². The number of hydrogen-bond donors (Lipinski definition) is 1. The van der Waals surface area contributed by atoms with Crippen molar-refractivity contribution >= 4 is 33.6 Å². The van der Waals surface area contributed by atoms with Gasteiger partial charge in [0.15, 0.2) is 0 Å². The molecule has 0 fully saturated rings. The Morgan fingerprint density at radius 2 is 2.20 bits per heavy atom. The summed E-state index contributed by atoms with van der Waals surface area (Å²) in [5, 5.41) is 1.23. The fourth-order valence-corrected chi connectivity index (χ4v) is 2.35. The van der Waals surface area contributed by atoms with Crippen LogP contribution in [0.2, 0.25) is 0 Å². The molecule has 0 aliphatic rings. The molecule has 0 aliphatic carbocycles. The van der Waals surface area contributed by atoms with Gasteiger partial charge in [-0.2, -0.15) is 0 Å². The van der Waals surface area contributed by atoms with Crippen molar-refractivity contribution in [3.8, 4) is 0 Å². The van der Waals surface area contributed by atoms with E-state index in [9.17, 15) is 0 Å². The van der Waals surface area contributed by atoms with Crippen molar-refractivity contribution in [2.75, 3.05) is 0 Å². The molecule has 15 heavy (non-hydrogen) atoms. The van der Waals surface area contributed by atoms with Crippen molar-refractivity contribution in [2.24, 2.45) is 5.73 Å². The van der Waals surface area contributed by atoms with E-state index in [-0.39, 0.29) is 0 Å². The number of fused-ring (bicyclic) bond motifs is 1. The van der Waals surface area contributed by atoms with Crippen LogP contribution in [0.3, 0.4) is 0 Å². The lowest BCUT2D eigenvalue weighted by atomic mass is 10.1. The maximum absolute atomic E-state index is 5.73. The Bertz CT molecular complexity index is 476. The third-order valence-electron chi connectivity index (χ3n) is 2.52. The van der Waals surface area contributed by atoms with Crippen molar-refractivity contribution in [1.29, 1.82) is 0 Å². The number of nitrogens with two attached hydrogens (primary N) is 1. The van der Waals surface area contributed by atoms with Gasteiger partial charge in [0.2, 0.25) is 0 Å². The summed E-state index contributed by atoms with van der Waals surface area (Å²) in [7, 11) is 0. The zero-order valence-electron chi connectivity index (χ0n) is 8.72. The zero-order valence-corrected chi connectivity index (χ0v) is 10.9. The van der Waals surface area contributed by atoms with Crippen molar-refractivity contribution in [1.82, 2.24) is 0 Å². The molecule has 2 aromatic rings. The Morgan fingerprint density at radius 3 is 2.87 bits per heavy atom. The third-order valence-corrected chi connectivity index (χ3v) is 3.19. The summed E-state index contributed by atoms with van der Waals surface area (Å²) < 4.78 is 6.97. The summed E-state index contributed by atoms with van der Waals surface area (Å²) in [4.78, 5) is 0. The van der Waals surface area contributed by atoms with E-state index >= 15 is 0 Å². The largest absolute Gasteiger partial charge is 0.459 e. The molecular weight excluding hydrogens is 301 g/mol. The highest BCUT2D eigenvalue weighted by Crippen LogP contribution is 2.28. The Kier molecular flexibility index (Phi) is 3.31. The quantitative estimate of drug-likeness (QED) is 0.881. The molecule has 0 atom stereocenters. The van der Waals surface area contributed by atoms with Crippen molar-refractivity contribution in [2.45, 2.75) is 26.3 Å². The van der Waals surface area contributed by atoms with Gasteiger partial charge in [-0.15, -0.1) is 0 Å². The molecule has 1 aromatic carbocycles. The van der Waals surface area contributed by atoms with E-state index in [1.54, 1.807) is 0 Å². The molecule has 0 bridgehead atoms. The van der Waals surface area contributed by atoms with Crippen LogP contribution in [0.15, 0.2) is 22.6 Å². The molecule has 0 amide bonds. The Labute approximate surface area is 103 Å². The lowest BCUT2D eigenvalue weighted by Gasteiger charge is -1.98. The molecule has 0 radical (unpaired) electrons. The normalized spacial score (nSPS) is 11.1. The second-order valence-corrected chi connectivity index (χ2v) is 4.84. The van der Waals surface area contributed by atoms with Gasteiger partial charge in [0.25, 0.3) is 0 Å². The SMILES string of the molecule is CCCc1c(CN)oc2ccc(I)cc12. The molecular formula is C12H14INO. The van der Waals surface area contributed by atoms with Crippen LogP contribution in [-0.4, -0.2) is 0 Å². The Balaban J connectivity index is 2.65. The number of aryl methyl sites for hydroxylation is 1. The van der Waals surface area contributed by atoms with E-state index in [1.807, 2.05) is 6.07 Å². The summed E-state index contributed by atoms with van der Waals surface area (Å²) in [6.45, 7) is 2.66. The number of halogens is 1. The molecule has 2 rings (SSSR count). The minimum absolute atomic E-state index is 0.487. The van der Waals surface area contributed by atoms with Gasteiger partial charge in [0.05, 0.1) is 6.54 Å². The highest BCUT2D eigenvalue weighted by Gasteiger charge is 2.11. The van der Waals surface area contributed by atoms with Crippen LogP contribution in [-0.2, 0) is 13.0 Å².